The van der Waals surface area contributed by atoms with E-state index in [0.717, 1.165) is 5.46 Å². The second-order valence-electron chi connectivity index (χ2n) is 6.87. The molecule has 126 valence electrons. The highest BCUT2D eigenvalue weighted by Gasteiger charge is 2.51. The van der Waals surface area contributed by atoms with Gasteiger partial charge in [0.15, 0.2) is 0 Å². The van der Waals surface area contributed by atoms with Gasteiger partial charge in [-0.05, 0) is 45.3 Å². The molecule has 0 aliphatic carbocycles. The Kier molecular flexibility index (Phi) is 4.64. The molecule has 0 atom stereocenters. The van der Waals surface area contributed by atoms with Crippen LogP contribution in [0, 0.1) is 0 Å². The van der Waals surface area contributed by atoms with E-state index in [1.807, 2.05) is 39.8 Å². The van der Waals surface area contributed by atoms with Crippen molar-refractivity contribution < 1.29 is 18.8 Å². The Morgan fingerprint density at radius 2 is 1.74 bits per heavy atom. The monoisotopic (exact) mass is 320 g/mol. The molecular formula is C16H25BN2O4. The van der Waals surface area contributed by atoms with E-state index < -0.39 is 18.3 Å². The van der Waals surface area contributed by atoms with Crippen LogP contribution >= 0.6 is 0 Å². The fraction of sp³-hybridized carbons (Fsp3) is 0.562. The highest BCUT2D eigenvalue weighted by molar-refractivity contribution is 6.62. The van der Waals surface area contributed by atoms with E-state index in [0.29, 0.717) is 11.4 Å². The second-order valence-corrected chi connectivity index (χ2v) is 6.87. The number of amides is 2. The lowest BCUT2D eigenvalue weighted by molar-refractivity contribution is 0.00578. The summed E-state index contributed by atoms with van der Waals surface area (Å²) in [5, 5.41) is 2.79. The summed E-state index contributed by atoms with van der Waals surface area (Å²) in [5.41, 5.74) is 0.653. The Labute approximate surface area is 138 Å². The van der Waals surface area contributed by atoms with Crippen LogP contribution in [0.3, 0.4) is 0 Å². The number of benzene rings is 1. The Morgan fingerprint density at radius 1 is 1.17 bits per heavy atom. The van der Waals surface area contributed by atoms with E-state index in [1.165, 1.54) is 4.90 Å². The largest absolute Gasteiger partial charge is 0.495 e. The van der Waals surface area contributed by atoms with Gasteiger partial charge in [0.2, 0.25) is 0 Å². The van der Waals surface area contributed by atoms with Crippen molar-refractivity contribution in [2.75, 3.05) is 26.5 Å². The summed E-state index contributed by atoms with van der Waals surface area (Å²) in [7, 11) is 4.46. The molecule has 1 aliphatic heterocycles. The Balaban J connectivity index is 2.25. The number of anilines is 1. The maximum absolute atomic E-state index is 11.8. The van der Waals surface area contributed by atoms with Crippen LogP contribution in [0.5, 0.6) is 5.75 Å². The number of rotatable bonds is 3. The van der Waals surface area contributed by atoms with Crippen LogP contribution in [0.25, 0.3) is 0 Å². The van der Waals surface area contributed by atoms with E-state index in [-0.39, 0.29) is 6.03 Å². The molecule has 1 aromatic carbocycles. The van der Waals surface area contributed by atoms with Crippen LogP contribution in [0.1, 0.15) is 27.7 Å². The molecule has 6 nitrogen and oxygen atoms in total. The Morgan fingerprint density at radius 3 is 2.22 bits per heavy atom. The number of carbonyl (C=O) groups is 1. The van der Waals surface area contributed by atoms with Crippen LogP contribution in [0.2, 0.25) is 0 Å². The number of nitrogens with one attached hydrogen (secondary N) is 1. The van der Waals surface area contributed by atoms with Gasteiger partial charge < -0.3 is 24.3 Å². The molecule has 1 heterocycles. The zero-order valence-electron chi connectivity index (χ0n) is 14.9. The quantitative estimate of drug-likeness (QED) is 0.867. The van der Waals surface area contributed by atoms with Crippen molar-refractivity contribution in [1.29, 1.82) is 0 Å². The molecule has 1 saturated heterocycles. The van der Waals surface area contributed by atoms with Gasteiger partial charge in [-0.15, -0.1) is 0 Å². The van der Waals surface area contributed by atoms with E-state index in [1.54, 1.807) is 27.3 Å². The number of methoxy groups -OCH3 is 1. The minimum absolute atomic E-state index is 0.216. The second kappa shape index (κ2) is 6.05. The summed E-state index contributed by atoms with van der Waals surface area (Å²) in [4.78, 5) is 13.3. The van der Waals surface area contributed by atoms with Crippen molar-refractivity contribution in [3.05, 3.63) is 18.2 Å². The molecule has 23 heavy (non-hydrogen) atoms. The standard InChI is InChI=1S/C16H25BN2O4/c1-15(2)16(3,4)23-17(22-15)11-8-9-12(13(10-11)21-7)18-14(20)19(5)6/h8-10H,1-7H3,(H,18,20). The fourth-order valence-electron chi connectivity index (χ4n) is 2.16. The average molecular weight is 320 g/mol. The molecule has 0 aromatic heterocycles. The van der Waals surface area contributed by atoms with Crippen LogP contribution in [0.4, 0.5) is 10.5 Å². The summed E-state index contributed by atoms with van der Waals surface area (Å²) >= 11 is 0. The normalized spacial score (nSPS) is 18.7. The zero-order valence-corrected chi connectivity index (χ0v) is 14.9. The predicted molar refractivity (Wildman–Crippen MR) is 91.4 cm³/mol. The highest BCUT2D eigenvalue weighted by atomic mass is 16.7. The predicted octanol–water partition coefficient (Wildman–Crippen LogP) is 2.09. The Bertz CT molecular complexity index is 586. The molecule has 0 bridgehead atoms. The highest BCUT2D eigenvalue weighted by Crippen LogP contribution is 2.37. The summed E-state index contributed by atoms with van der Waals surface area (Å²) in [5.74, 6) is 0.562. The van der Waals surface area contributed by atoms with E-state index in [2.05, 4.69) is 5.32 Å². The minimum Gasteiger partial charge on any atom is -0.495 e. The summed E-state index contributed by atoms with van der Waals surface area (Å²) < 4.78 is 17.5. The molecule has 0 unspecified atom stereocenters. The maximum atomic E-state index is 11.8. The number of hydrogen-bond acceptors (Lipinski definition) is 4. The van der Waals surface area contributed by atoms with Gasteiger partial charge in [-0.25, -0.2) is 4.79 Å². The number of ether oxygens (including phenoxy) is 1. The number of urea groups is 1. The molecular weight excluding hydrogens is 295 g/mol. The van der Waals surface area contributed by atoms with Crippen molar-refractivity contribution in [2.45, 2.75) is 38.9 Å². The van der Waals surface area contributed by atoms with Gasteiger partial charge in [-0.3, -0.25) is 0 Å². The topological polar surface area (TPSA) is 60.0 Å². The minimum atomic E-state index is -0.465. The van der Waals surface area contributed by atoms with Gasteiger partial charge in [0.05, 0.1) is 24.0 Å². The lowest BCUT2D eigenvalue weighted by Gasteiger charge is -2.32. The van der Waals surface area contributed by atoms with Gasteiger partial charge in [0.1, 0.15) is 5.75 Å². The molecule has 1 aromatic rings. The smallest absolute Gasteiger partial charge is 0.494 e. The molecule has 2 amide bonds. The van der Waals surface area contributed by atoms with Gasteiger partial charge in [0, 0.05) is 14.1 Å². The van der Waals surface area contributed by atoms with Crippen molar-refractivity contribution in [3.8, 4) is 5.75 Å². The molecule has 0 spiro atoms. The Hall–Kier alpha value is -1.73. The first-order valence-electron chi connectivity index (χ1n) is 7.59. The lowest BCUT2D eigenvalue weighted by atomic mass is 9.79. The van der Waals surface area contributed by atoms with Gasteiger partial charge in [0.25, 0.3) is 0 Å². The third kappa shape index (κ3) is 3.45. The first-order chi connectivity index (χ1) is 10.6. The van der Waals surface area contributed by atoms with Crippen LogP contribution in [-0.2, 0) is 9.31 Å². The maximum Gasteiger partial charge on any atom is 0.494 e. The fourth-order valence-corrected chi connectivity index (χ4v) is 2.16. The number of carbonyl (C=O) groups excluding carboxylic acids is 1. The van der Waals surface area contributed by atoms with Gasteiger partial charge in [-0.1, -0.05) is 6.07 Å². The van der Waals surface area contributed by atoms with E-state index in [4.69, 9.17) is 14.0 Å². The SMILES string of the molecule is COc1cc(B2OC(C)(C)C(C)(C)O2)ccc1NC(=O)N(C)C. The van der Waals surface area contributed by atoms with Crippen LogP contribution in [-0.4, -0.2) is 50.5 Å². The third-order valence-corrected chi connectivity index (χ3v) is 4.40. The zero-order chi connectivity index (χ0) is 17.4. The molecule has 1 N–H and O–H groups in total. The van der Waals surface area contributed by atoms with Crippen LogP contribution < -0.4 is 15.5 Å². The first kappa shape index (κ1) is 17.6. The molecule has 7 heteroatoms. The summed E-state index contributed by atoms with van der Waals surface area (Å²) in [6.45, 7) is 8.04. The van der Waals surface area contributed by atoms with Gasteiger partial charge in [-0.2, -0.15) is 0 Å². The number of hydrogen-bond donors (Lipinski definition) is 1. The number of nitrogens with zero attached hydrogens (tertiary/aromatic N) is 1. The van der Waals surface area contributed by atoms with Crippen molar-refractivity contribution >= 4 is 24.3 Å². The first-order valence-corrected chi connectivity index (χ1v) is 7.59. The van der Waals surface area contributed by atoms with Crippen molar-refractivity contribution in [3.63, 3.8) is 0 Å². The molecule has 2 rings (SSSR count). The lowest BCUT2D eigenvalue weighted by Crippen LogP contribution is -2.41. The molecule has 0 saturated carbocycles. The van der Waals surface area contributed by atoms with Crippen molar-refractivity contribution in [1.82, 2.24) is 4.90 Å². The van der Waals surface area contributed by atoms with E-state index in [9.17, 15) is 4.79 Å². The van der Waals surface area contributed by atoms with Crippen LogP contribution in [0.15, 0.2) is 18.2 Å². The molecule has 1 fully saturated rings. The van der Waals surface area contributed by atoms with Crippen molar-refractivity contribution in [2.24, 2.45) is 0 Å². The third-order valence-electron chi connectivity index (χ3n) is 4.40. The molecule has 1 aliphatic rings. The van der Waals surface area contributed by atoms with Gasteiger partial charge >= 0.3 is 13.1 Å². The van der Waals surface area contributed by atoms with E-state index >= 15 is 0 Å². The summed E-state index contributed by atoms with van der Waals surface area (Å²) in [6, 6.07) is 5.27. The molecule has 0 radical (unpaired) electrons. The summed E-state index contributed by atoms with van der Waals surface area (Å²) in [6.07, 6.45) is 0. The average Bonchev–Trinajstić information content (AvgIpc) is 2.67.